The highest BCUT2D eigenvalue weighted by Gasteiger charge is 2.21. The van der Waals surface area contributed by atoms with Gasteiger partial charge in [0.2, 0.25) is 5.91 Å². The highest BCUT2D eigenvalue weighted by atomic mass is 16.1. The molecule has 82 valence electrons. The van der Waals surface area contributed by atoms with Crippen LogP contribution in [-0.2, 0) is 4.79 Å². The van der Waals surface area contributed by atoms with Crippen molar-refractivity contribution in [2.45, 2.75) is 25.3 Å². The number of nitrogens with zero attached hydrogens (tertiary/aromatic N) is 2. The summed E-state index contributed by atoms with van der Waals surface area (Å²) in [7, 11) is 0. The molecule has 2 heterocycles. The zero-order chi connectivity index (χ0) is 10.7. The summed E-state index contributed by atoms with van der Waals surface area (Å²) in [5.41, 5.74) is 8.11. The quantitative estimate of drug-likeness (QED) is 0.661. The van der Waals surface area contributed by atoms with E-state index in [1.54, 1.807) is 6.08 Å². The summed E-state index contributed by atoms with van der Waals surface area (Å²) in [5, 5.41) is 6.35. The molecule has 0 aromatic carbocycles. The van der Waals surface area contributed by atoms with Gasteiger partial charge in [-0.1, -0.05) is 0 Å². The van der Waals surface area contributed by atoms with E-state index in [0.29, 0.717) is 0 Å². The molecular weight excluding hydrogens is 192 g/mol. The number of carbonyl (C=O) groups excluding carboxylic acids is 1. The van der Waals surface area contributed by atoms with Crippen LogP contribution in [0.5, 0.6) is 0 Å². The predicted molar refractivity (Wildman–Crippen MR) is 55.5 cm³/mol. The maximum absolute atomic E-state index is 11.2. The van der Waals surface area contributed by atoms with Crippen LogP contribution < -0.4 is 5.32 Å². The van der Waals surface area contributed by atoms with Gasteiger partial charge in [-0.05, 0) is 12.8 Å². The zero-order valence-electron chi connectivity index (χ0n) is 8.70. The van der Waals surface area contributed by atoms with E-state index in [0.717, 1.165) is 44.6 Å². The minimum Gasteiger partial charge on any atom is -0.374 e. The lowest BCUT2D eigenvalue weighted by Crippen LogP contribution is -2.38. The van der Waals surface area contributed by atoms with Gasteiger partial charge in [-0.25, -0.2) is 5.53 Å². The lowest BCUT2D eigenvalue weighted by Gasteiger charge is -2.34. The van der Waals surface area contributed by atoms with E-state index < -0.39 is 0 Å². The van der Waals surface area contributed by atoms with E-state index in [1.807, 2.05) is 0 Å². The smallest absolute Gasteiger partial charge is 0.245 e. The van der Waals surface area contributed by atoms with Crippen LogP contribution >= 0.6 is 0 Å². The highest BCUT2D eigenvalue weighted by molar-refractivity contribution is 5.88. The summed E-state index contributed by atoms with van der Waals surface area (Å²) in [4.78, 5) is 13.4. The summed E-state index contributed by atoms with van der Waals surface area (Å²) < 4.78 is 0. The van der Waals surface area contributed by atoms with Crippen LogP contribution in [0.4, 0.5) is 0 Å². The molecule has 0 radical (unpaired) electrons. The molecule has 0 saturated carbocycles. The summed E-state index contributed by atoms with van der Waals surface area (Å²) in [5.74, 6) is 0.0172. The lowest BCUT2D eigenvalue weighted by atomic mass is 10.0. The molecular formula is C10H16N4O. The van der Waals surface area contributed by atoms with E-state index in [-0.39, 0.29) is 11.9 Å². The Balaban J connectivity index is 1.95. The molecule has 0 unspecified atom stereocenters. The van der Waals surface area contributed by atoms with E-state index in [9.17, 15) is 4.79 Å². The Bertz CT molecular complexity index is 292. The van der Waals surface area contributed by atoms with Crippen molar-refractivity contribution >= 4 is 5.91 Å². The van der Waals surface area contributed by atoms with Crippen molar-refractivity contribution in [2.75, 3.05) is 19.6 Å². The number of rotatable bonds is 2. The maximum Gasteiger partial charge on any atom is 0.245 e. The van der Waals surface area contributed by atoms with Crippen molar-refractivity contribution < 1.29 is 4.79 Å². The van der Waals surface area contributed by atoms with E-state index in [4.69, 9.17) is 5.53 Å². The normalized spacial score (nSPS) is 23.3. The van der Waals surface area contributed by atoms with Crippen molar-refractivity contribution in [1.82, 2.24) is 10.2 Å². The Morgan fingerprint density at radius 2 is 2.20 bits per heavy atom. The third kappa shape index (κ3) is 2.34. The number of piperidine rings is 1. The molecule has 0 aliphatic carbocycles. The average molecular weight is 208 g/mol. The van der Waals surface area contributed by atoms with E-state index in [1.165, 1.54) is 0 Å². The summed E-state index contributed by atoms with van der Waals surface area (Å²) in [6, 6.07) is 0.194. The fourth-order valence-electron chi connectivity index (χ4n) is 2.12. The first-order valence-electron chi connectivity index (χ1n) is 5.39. The summed E-state index contributed by atoms with van der Waals surface area (Å²) >= 11 is 0. The molecule has 1 amide bonds. The molecule has 0 spiro atoms. The molecule has 0 aromatic rings. The number of carbonyl (C=O) groups is 1. The van der Waals surface area contributed by atoms with Gasteiger partial charge in [0.15, 0.2) is 0 Å². The van der Waals surface area contributed by atoms with E-state index >= 15 is 0 Å². The third-order valence-electron chi connectivity index (χ3n) is 3.03. The fraction of sp³-hybridized carbons (Fsp3) is 0.700. The average Bonchev–Trinajstić information content (AvgIpc) is 2.29. The first kappa shape index (κ1) is 10.1. The van der Waals surface area contributed by atoms with Crippen LogP contribution in [0.2, 0.25) is 0 Å². The molecule has 2 N–H and O–H groups in total. The second-order valence-corrected chi connectivity index (χ2v) is 4.02. The topological polar surface area (TPSA) is 68.5 Å². The van der Waals surface area contributed by atoms with Crippen LogP contribution in [0.15, 0.2) is 16.9 Å². The number of hydrogen-bond acceptors (Lipinski definition) is 4. The second kappa shape index (κ2) is 4.42. The molecule has 5 nitrogen and oxygen atoms in total. The van der Waals surface area contributed by atoms with Crippen molar-refractivity contribution in [2.24, 2.45) is 5.11 Å². The van der Waals surface area contributed by atoms with Crippen LogP contribution in [-0.4, -0.2) is 36.5 Å². The Labute approximate surface area is 89.0 Å². The molecule has 2 rings (SSSR count). The molecule has 1 saturated heterocycles. The largest absolute Gasteiger partial charge is 0.374 e. The summed E-state index contributed by atoms with van der Waals surface area (Å²) in [6.45, 7) is 2.59. The standard InChI is InChI=1S/C10H16N4O/c11-13-8-2-5-14(6-3-8)9-1-4-12-10(15)7-9/h7-8,11H,1-6H2,(H,12,15). The fourth-order valence-corrected chi connectivity index (χ4v) is 2.12. The monoisotopic (exact) mass is 208 g/mol. The van der Waals surface area contributed by atoms with Crippen LogP contribution in [0.1, 0.15) is 19.3 Å². The number of likely N-dealkylation sites (tertiary alicyclic amines) is 1. The molecule has 0 aromatic heterocycles. The SMILES string of the molecule is N=NC1CCN(C2=CC(=O)NCC2)CC1. The van der Waals surface area contributed by atoms with Gasteiger partial charge in [0.05, 0.1) is 6.04 Å². The van der Waals surface area contributed by atoms with Crippen molar-refractivity contribution in [3.8, 4) is 0 Å². The maximum atomic E-state index is 11.2. The molecule has 5 heteroatoms. The van der Waals surface area contributed by atoms with Crippen molar-refractivity contribution in [3.63, 3.8) is 0 Å². The second-order valence-electron chi connectivity index (χ2n) is 4.02. The zero-order valence-corrected chi connectivity index (χ0v) is 8.70. The number of nitrogens with one attached hydrogen (secondary N) is 2. The van der Waals surface area contributed by atoms with Crippen molar-refractivity contribution in [3.05, 3.63) is 11.8 Å². The number of amides is 1. The van der Waals surface area contributed by atoms with Gasteiger partial charge >= 0.3 is 0 Å². The van der Waals surface area contributed by atoms with Crippen LogP contribution in [0.3, 0.4) is 0 Å². The Morgan fingerprint density at radius 3 is 2.80 bits per heavy atom. The van der Waals surface area contributed by atoms with Gasteiger partial charge in [0.1, 0.15) is 0 Å². The minimum atomic E-state index is 0.0172. The van der Waals surface area contributed by atoms with Crippen molar-refractivity contribution in [1.29, 1.82) is 5.53 Å². The predicted octanol–water partition coefficient (Wildman–Crippen LogP) is 0.886. The Morgan fingerprint density at radius 1 is 1.47 bits per heavy atom. The van der Waals surface area contributed by atoms with Gasteiger partial charge in [-0.2, -0.15) is 5.11 Å². The highest BCUT2D eigenvalue weighted by Crippen LogP contribution is 2.20. The van der Waals surface area contributed by atoms with Gasteiger partial charge in [-0.3, -0.25) is 4.79 Å². The Kier molecular flexibility index (Phi) is 2.99. The van der Waals surface area contributed by atoms with Gasteiger partial charge in [-0.15, -0.1) is 0 Å². The first-order valence-corrected chi connectivity index (χ1v) is 5.39. The lowest BCUT2D eigenvalue weighted by molar-refractivity contribution is -0.117. The minimum absolute atomic E-state index is 0.0172. The Hall–Kier alpha value is -1.39. The summed E-state index contributed by atoms with van der Waals surface area (Å²) in [6.07, 6.45) is 4.49. The van der Waals surface area contributed by atoms with Crippen LogP contribution in [0.25, 0.3) is 0 Å². The number of hydrogen-bond donors (Lipinski definition) is 2. The molecule has 2 aliphatic heterocycles. The van der Waals surface area contributed by atoms with E-state index in [2.05, 4.69) is 15.3 Å². The molecule has 15 heavy (non-hydrogen) atoms. The molecule has 0 bridgehead atoms. The molecule has 0 atom stereocenters. The van der Waals surface area contributed by atoms with Crippen LogP contribution in [0, 0.1) is 5.53 Å². The third-order valence-corrected chi connectivity index (χ3v) is 3.03. The molecule has 2 aliphatic rings. The van der Waals surface area contributed by atoms with Gasteiger partial charge in [0.25, 0.3) is 0 Å². The van der Waals surface area contributed by atoms with Gasteiger partial charge in [0, 0.05) is 37.8 Å². The molecule has 1 fully saturated rings. The first-order chi connectivity index (χ1) is 7.29. The van der Waals surface area contributed by atoms with Gasteiger partial charge < -0.3 is 10.2 Å².